The van der Waals surface area contributed by atoms with E-state index in [4.69, 9.17) is 0 Å². The van der Waals surface area contributed by atoms with Crippen molar-refractivity contribution >= 4 is 17.9 Å². The Morgan fingerprint density at radius 1 is 1.12 bits per heavy atom. The van der Waals surface area contributed by atoms with Crippen molar-refractivity contribution in [2.45, 2.75) is 6.92 Å². The predicted molar refractivity (Wildman–Crippen MR) is 55.7 cm³/mol. The summed E-state index contributed by atoms with van der Waals surface area (Å²) in [4.78, 5) is 34.6. The summed E-state index contributed by atoms with van der Waals surface area (Å²) in [5.74, 6) is -1.37. The molecule has 84 valence electrons. The molecule has 5 nitrogen and oxygen atoms in total. The highest BCUT2D eigenvalue weighted by atomic mass is 16.5. The van der Waals surface area contributed by atoms with Crippen LogP contribution in [0.4, 0.5) is 4.79 Å². The molecule has 16 heavy (non-hydrogen) atoms. The Morgan fingerprint density at radius 3 is 2.12 bits per heavy atom. The quantitative estimate of drug-likeness (QED) is 0.719. The zero-order valence-corrected chi connectivity index (χ0v) is 8.97. The summed E-state index contributed by atoms with van der Waals surface area (Å²) in [6.45, 7) is 1.12. The molecular weight excluding hydrogens is 210 g/mol. The van der Waals surface area contributed by atoms with Crippen LogP contribution in [0.2, 0.25) is 0 Å². The Bertz CT molecular complexity index is 413. The number of carbonyl (C=O) groups is 3. The lowest BCUT2D eigenvalue weighted by Crippen LogP contribution is -2.40. The van der Waals surface area contributed by atoms with Crippen LogP contribution < -0.4 is 0 Å². The van der Waals surface area contributed by atoms with E-state index < -0.39 is 17.9 Å². The third-order valence-corrected chi connectivity index (χ3v) is 1.90. The Balaban J connectivity index is 3.02. The molecule has 0 heterocycles. The standard InChI is InChI=1S/C11H11NO4/c1-8(13)12(11(15)16-2)10(14)9-6-4-3-5-7-9/h3-7H,1-2H3. The largest absolute Gasteiger partial charge is 0.452 e. The van der Waals surface area contributed by atoms with E-state index in [-0.39, 0.29) is 5.56 Å². The highest BCUT2D eigenvalue weighted by Gasteiger charge is 2.27. The van der Waals surface area contributed by atoms with E-state index in [1.165, 1.54) is 12.1 Å². The zero-order valence-electron chi connectivity index (χ0n) is 8.97. The molecule has 0 N–H and O–H groups in total. The van der Waals surface area contributed by atoms with E-state index in [1.807, 2.05) is 0 Å². The molecule has 1 rings (SSSR count). The lowest BCUT2D eigenvalue weighted by Gasteiger charge is -2.15. The number of imide groups is 3. The number of benzene rings is 1. The molecule has 5 heteroatoms. The number of methoxy groups -OCH3 is 1. The van der Waals surface area contributed by atoms with Gasteiger partial charge in [0, 0.05) is 12.5 Å². The van der Waals surface area contributed by atoms with Crippen LogP contribution in [0.15, 0.2) is 30.3 Å². The molecule has 1 aromatic carbocycles. The predicted octanol–water partition coefficient (Wildman–Crippen LogP) is 1.44. The van der Waals surface area contributed by atoms with Gasteiger partial charge in [0.05, 0.1) is 7.11 Å². The van der Waals surface area contributed by atoms with E-state index in [1.54, 1.807) is 18.2 Å². The minimum Gasteiger partial charge on any atom is -0.452 e. The van der Waals surface area contributed by atoms with Gasteiger partial charge in [-0.25, -0.2) is 4.79 Å². The molecule has 0 atom stereocenters. The van der Waals surface area contributed by atoms with Crippen LogP contribution in [0.5, 0.6) is 0 Å². The average molecular weight is 221 g/mol. The summed E-state index contributed by atoms with van der Waals surface area (Å²) in [6, 6.07) is 8.04. The van der Waals surface area contributed by atoms with E-state index >= 15 is 0 Å². The van der Waals surface area contributed by atoms with E-state index in [2.05, 4.69) is 4.74 Å². The fraction of sp³-hybridized carbons (Fsp3) is 0.182. The van der Waals surface area contributed by atoms with Gasteiger partial charge in [-0.05, 0) is 12.1 Å². The lowest BCUT2D eigenvalue weighted by molar-refractivity contribution is -0.124. The van der Waals surface area contributed by atoms with Crippen molar-refractivity contribution in [2.75, 3.05) is 7.11 Å². The van der Waals surface area contributed by atoms with Gasteiger partial charge in [0.1, 0.15) is 0 Å². The van der Waals surface area contributed by atoms with Crippen molar-refractivity contribution in [3.05, 3.63) is 35.9 Å². The first-order valence-electron chi connectivity index (χ1n) is 4.56. The van der Waals surface area contributed by atoms with Crippen LogP contribution in [-0.4, -0.2) is 29.9 Å². The zero-order chi connectivity index (χ0) is 12.1. The number of hydrogen-bond acceptors (Lipinski definition) is 4. The van der Waals surface area contributed by atoms with Gasteiger partial charge in [0.2, 0.25) is 5.91 Å². The summed E-state index contributed by atoms with van der Waals surface area (Å²) in [7, 11) is 1.11. The summed E-state index contributed by atoms with van der Waals surface area (Å²) < 4.78 is 4.36. The second-order valence-electron chi connectivity index (χ2n) is 3.00. The first kappa shape index (κ1) is 11.9. The topological polar surface area (TPSA) is 63.7 Å². The monoisotopic (exact) mass is 221 g/mol. The van der Waals surface area contributed by atoms with Gasteiger partial charge < -0.3 is 4.74 Å². The Kier molecular flexibility index (Phi) is 3.77. The minimum atomic E-state index is -0.985. The van der Waals surface area contributed by atoms with Crippen molar-refractivity contribution in [2.24, 2.45) is 0 Å². The van der Waals surface area contributed by atoms with Crippen LogP contribution in [0.1, 0.15) is 17.3 Å². The molecule has 0 bridgehead atoms. The normalized spacial score (nSPS) is 9.38. The number of ether oxygens (including phenoxy) is 1. The summed E-state index contributed by atoms with van der Waals surface area (Å²) in [6.07, 6.45) is -0.985. The molecule has 0 spiro atoms. The first-order valence-corrected chi connectivity index (χ1v) is 4.56. The van der Waals surface area contributed by atoms with E-state index in [0.29, 0.717) is 4.90 Å². The Labute approximate surface area is 92.6 Å². The fourth-order valence-electron chi connectivity index (χ4n) is 1.16. The number of hydrogen-bond donors (Lipinski definition) is 0. The van der Waals surface area contributed by atoms with E-state index in [9.17, 15) is 14.4 Å². The molecule has 0 aliphatic carbocycles. The molecule has 0 unspecified atom stereocenters. The highest BCUT2D eigenvalue weighted by molar-refractivity contribution is 6.14. The van der Waals surface area contributed by atoms with Gasteiger partial charge >= 0.3 is 6.09 Å². The number of carbonyl (C=O) groups excluding carboxylic acids is 3. The third kappa shape index (κ3) is 2.44. The molecule has 0 saturated heterocycles. The first-order chi connectivity index (χ1) is 7.57. The molecule has 0 aliphatic rings. The van der Waals surface area contributed by atoms with E-state index in [0.717, 1.165) is 14.0 Å². The third-order valence-electron chi connectivity index (χ3n) is 1.90. The average Bonchev–Trinajstić information content (AvgIpc) is 2.29. The van der Waals surface area contributed by atoms with Gasteiger partial charge in [-0.2, -0.15) is 4.90 Å². The molecule has 0 aromatic heterocycles. The molecule has 0 radical (unpaired) electrons. The Hall–Kier alpha value is -2.17. The number of rotatable bonds is 1. The van der Waals surface area contributed by atoms with Gasteiger partial charge in [0.25, 0.3) is 5.91 Å². The van der Waals surface area contributed by atoms with Crippen LogP contribution >= 0.6 is 0 Å². The summed E-state index contributed by atoms with van der Waals surface area (Å²) in [5, 5.41) is 0. The van der Waals surface area contributed by atoms with Crippen molar-refractivity contribution in [3.63, 3.8) is 0 Å². The van der Waals surface area contributed by atoms with Crippen LogP contribution in [0, 0.1) is 0 Å². The van der Waals surface area contributed by atoms with Gasteiger partial charge in [-0.1, -0.05) is 18.2 Å². The fourth-order valence-corrected chi connectivity index (χ4v) is 1.16. The second-order valence-corrected chi connectivity index (χ2v) is 3.00. The maximum absolute atomic E-state index is 11.8. The summed E-state index contributed by atoms with van der Waals surface area (Å²) >= 11 is 0. The van der Waals surface area contributed by atoms with Crippen molar-refractivity contribution in [1.82, 2.24) is 4.90 Å². The highest BCUT2D eigenvalue weighted by Crippen LogP contribution is 2.06. The molecule has 0 saturated carbocycles. The van der Waals surface area contributed by atoms with Crippen molar-refractivity contribution in [3.8, 4) is 0 Å². The Morgan fingerprint density at radius 2 is 1.69 bits per heavy atom. The van der Waals surface area contributed by atoms with Gasteiger partial charge in [-0.3, -0.25) is 9.59 Å². The van der Waals surface area contributed by atoms with Crippen molar-refractivity contribution in [1.29, 1.82) is 0 Å². The van der Waals surface area contributed by atoms with Crippen LogP contribution in [0.25, 0.3) is 0 Å². The SMILES string of the molecule is COC(=O)N(C(C)=O)C(=O)c1ccccc1. The van der Waals surface area contributed by atoms with Gasteiger partial charge in [-0.15, -0.1) is 0 Å². The summed E-state index contributed by atoms with van der Waals surface area (Å²) in [5.41, 5.74) is 0.253. The molecular formula is C11H11NO4. The maximum atomic E-state index is 11.8. The smallest absolute Gasteiger partial charge is 0.423 e. The molecule has 1 aromatic rings. The number of amides is 3. The minimum absolute atomic E-state index is 0.253. The second kappa shape index (κ2) is 5.06. The van der Waals surface area contributed by atoms with Crippen molar-refractivity contribution < 1.29 is 19.1 Å². The van der Waals surface area contributed by atoms with Crippen LogP contribution in [-0.2, 0) is 9.53 Å². The van der Waals surface area contributed by atoms with Gasteiger partial charge in [0.15, 0.2) is 0 Å². The number of nitrogens with zero attached hydrogens (tertiary/aromatic N) is 1. The maximum Gasteiger partial charge on any atom is 0.423 e. The molecule has 0 aliphatic heterocycles. The molecule has 3 amide bonds. The molecule has 0 fully saturated rings. The lowest BCUT2D eigenvalue weighted by atomic mass is 10.2. The van der Waals surface area contributed by atoms with Crippen LogP contribution in [0.3, 0.4) is 0 Å².